The number of carboxylic acid groups (broad SMARTS) is 1. The second-order valence-corrected chi connectivity index (χ2v) is 4.00. The van der Waals surface area contributed by atoms with Crippen LogP contribution in [0.25, 0.3) is 0 Å². The zero-order valence-electron chi connectivity index (χ0n) is 9.89. The van der Waals surface area contributed by atoms with E-state index >= 15 is 0 Å². The highest BCUT2D eigenvalue weighted by molar-refractivity contribution is 6.03. The molecule has 1 aliphatic carbocycles. The van der Waals surface area contributed by atoms with E-state index in [1.54, 1.807) is 5.32 Å². The minimum Gasteiger partial charge on any atom is -0.480 e. The Morgan fingerprint density at radius 1 is 1.55 bits per heavy atom. The fourth-order valence-corrected chi connectivity index (χ4v) is 1.76. The van der Waals surface area contributed by atoms with Crippen LogP contribution >= 0.6 is 0 Å². The minimum atomic E-state index is -5.11. The van der Waals surface area contributed by atoms with Crippen LogP contribution < -0.4 is 5.32 Å². The van der Waals surface area contributed by atoms with Crippen LogP contribution in [0.15, 0.2) is 16.3 Å². The molecule has 1 atom stereocenters. The first-order valence-electron chi connectivity index (χ1n) is 5.20. The summed E-state index contributed by atoms with van der Waals surface area (Å²) in [5.41, 5.74) is -4.18. The van der Waals surface area contributed by atoms with Crippen LogP contribution in [0.1, 0.15) is 6.42 Å². The first-order valence-corrected chi connectivity index (χ1v) is 5.20. The SMILES string of the molecule is C=N[C@H]1CC(C(=N)C(F)(F)F)=C(NCC(=O)O)C1(F)F. The van der Waals surface area contributed by atoms with Crippen LogP contribution in [0, 0.1) is 5.41 Å². The highest BCUT2D eigenvalue weighted by Gasteiger charge is 2.54. The summed E-state index contributed by atoms with van der Waals surface area (Å²) < 4.78 is 65.0. The van der Waals surface area contributed by atoms with E-state index in [-0.39, 0.29) is 0 Å². The van der Waals surface area contributed by atoms with Crippen molar-refractivity contribution in [2.45, 2.75) is 24.6 Å². The Hall–Kier alpha value is -2.00. The van der Waals surface area contributed by atoms with Crippen molar-refractivity contribution < 1.29 is 31.9 Å². The van der Waals surface area contributed by atoms with Gasteiger partial charge < -0.3 is 10.4 Å². The van der Waals surface area contributed by atoms with Crippen LogP contribution in [-0.2, 0) is 4.79 Å². The molecule has 5 nitrogen and oxygen atoms in total. The topological polar surface area (TPSA) is 85.5 Å². The molecule has 0 saturated heterocycles. The van der Waals surface area contributed by atoms with Crippen molar-refractivity contribution in [3.63, 3.8) is 0 Å². The lowest BCUT2D eigenvalue weighted by Gasteiger charge is -2.19. The summed E-state index contributed by atoms with van der Waals surface area (Å²) in [4.78, 5) is 13.4. The molecule has 10 heteroatoms. The van der Waals surface area contributed by atoms with E-state index < -0.39 is 54.1 Å². The maximum Gasteiger partial charge on any atom is 0.433 e. The average molecular weight is 299 g/mol. The van der Waals surface area contributed by atoms with E-state index in [1.165, 1.54) is 0 Å². The Labute approximate surface area is 109 Å². The molecule has 1 aliphatic rings. The molecule has 0 bridgehead atoms. The Kier molecular flexibility index (Phi) is 4.15. The number of alkyl halides is 5. The molecule has 0 saturated carbocycles. The summed E-state index contributed by atoms with van der Waals surface area (Å²) in [5.74, 6) is -5.36. The molecule has 20 heavy (non-hydrogen) atoms. The van der Waals surface area contributed by atoms with Crippen LogP contribution in [0.3, 0.4) is 0 Å². The van der Waals surface area contributed by atoms with Gasteiger partial charge in [-0.15, -0.1) is 0 Å². The molecular formula is C10H10F5N3O2. The maximum atomic E-state index is 13.8. The van der Waals surface area contributed by atoms with Crippen molar-refractivity contribution in [3.8, 4) is 0 Å². The minimum absolute atomic E-state index is 0.837. The molecule has 0 fully saturated rings. The van der Waals surface area contributed by atoms with Gasteiger partial charge in [-0.25, -0.2) is 0 Å². The first kappa shape index (κ1) is 16.1. The normalized spacial score (nSPS) is 21.8. The monoisotopic (exact) mass is 299 g/mol. The van der Waals surface area contributed by atoms with Gasteiger partial charge in [-0.05, 0) is 6.72 Å². The lowest BCUT2D eigenvalue weighted by Crippen LogP contribution is -2.37. The predicted octanol–water partition coefficient (Wildman–Crippen LogP) is 1.60. The van der Waals surface area contributed by atoms with Gasteiger partial charge in [-0.1, -0.05) is 0 Å². The number of halogens is 5. The van der Waals surface area contributed by atoms with Gasteiger partial charge in [-0.3, -0.25) is 15.2 Å². The molecular weight excluding hydrogens is 289 g/mol. The van der Waals surface area contributed by atoms with Crippen molar-refractivity contribution in [3.05, 3.63) is 11.3 Å². The lowest BCUT2D eigenvalue weighted by molar-refractivity contribution is -0.135. The molecule has 0 aromatic heterocycles. The molecule has 0 unspecified atom stereocenters. The molecule has 3 N–H and O–H groups in total. The number of aliphatic imine (C=N–C) groups is 1. The van der Waals surface area contributed by atoms with Crippen molar-refractivity contribution >= 4 is 18.4 Å². The van der Waals surface area contributed by atoms with Crippen LogP contribution in [-0.4, -0.2) is 48.2 Å². The molecule has 0 aliphatic heterocycles. The summed E-state index contributed by atoms with van der Waals surface area (Å²) in [7, 11) is 0. The number of nitrogens with one attached hydrogen (secondary N) is 2. The number of hydrogen-bond donors (Lipinski definition) is 3. The molecule has 0 spiro atoms. The van der Waals surface area contributed by atoms with Gasteiger partial charge in [0.1, 0.15) is 18.3 Å². The standard InChI is InChI=1S/C10H10F5N3O2/c1-17-5-2-4(7(16)10(13,14)15)8(9(5,11)12)18-3-6(19)20/h5,16,18H,1-3H2,(H,19,20)/t5-/m0/s1. The highest BCUT2D eigenvalue weighted by atomic mass is 19.4. The fourth-order valence-electron chi connectivity index (χ4n) is 1.76. The van der Waals surface area contributed by atoms with E-state index in [0.717, 1.165) is 0 Å². The van der Waals surface area contributed by atoms with Crippen LogP contribution in [0.2, 0.25) is 0 Å². The number of hydrogen-bond acceptors (Lipinski definition) is 4. The largest absolute Gasteiger partial charge is 0.480 e. The summed E-state index contributed by atoms with van der Waals surface area (Å²) in [6.45, 7) is 1.87. The third-order valence-electron chi connectivity index (χ3n) is 2.67. The predicted molar refractivity (Wildman–Crippen MR) is 59.3 cm³/mol. The Bertz CT molecular complexity index is 484. The third-order valence-corrected chi connectivity index (χ3v) is 2.67. The van der Waals surface area contributed by atoms with Crippen LogP contribution in [0.5, 0.6) is 0 Å². The van der Waals surface area contributed by atoms with Gasteiger partial charge in [0.15, 0.2) is 0 Å². The second kappa shape index (κ2) is 5.17. The summed E-state index contributed by atoms with van der Waals surface area (Å²) in [6, 6.07) is -1.86. The number of carbonyl (C=O) groups is 1. The molecule has 112 valence electrons. The van der Waals surface area contributed by atoms with Gasteiger partial charge in [0.2, 0.25) is 0 Å². The van der Waals surface area contributed by atoms with Crippen molar-refractivity contribution in [2.75, 3.05) is 6.54 Å². The quantitative estimate of drug-likeness (QED) is 0.532. The number of carboxylic acids is 1. The molecule has 0 amide bonds. The van der Waals surface area contributed by atoms with Gasteiger partial charge in [0.25, 0.3) is 0 Å². The third kappa shape index (κ3) is 2.94. The summed E-state index contributed by atoms with van der Waals surface area (Å²) in [5, 5.41) is 17.1. The molecule has 0 heterocycles. The van der Waals surface area contributed by atoms with Gasteiger partial charge in [0.05, 0.1) is 5.70 Å². The first-order chi connectivity index (χ1) is 9.01. The maximum absolute atomic E-state index is 13.8. The Balaban J connectivity index is 3.22. The van der Waals surface area contributed by atoms with Crippen LogP contribution in [0.4, 0.5) is 22.0 Å². The zero-order valence-corrected chi connectivity index (χ0v) is 9.89. The molecule has 0 aromatic carbocycles. The number of rotatable bonds is 5. The zero-order chi connectivity index (χ0) is 15.7. The Morgan fingerprint density at radius 2 is 2.10 bits per heavy atom. The van der Waals surface area contributed by atoms with E-state index in [4.69, 9.17) is 10.5 Å². The van der Waals surface area contributed by atoms with Gasteiger partial charge >= 0.3 is 18.1 Å². The average Bonchev–Trinajstić information content (AvgIpc) is 2.55. The highest BCUT2D eigenvalue weighted by Crippen LogP contribution is 2.43. The molecule has 0 radical (unpaired) electrons. The van der Waals surface area contributed by atoms with Crippen molar-refractivity contribution in [1.29, 1.82) is 5.41 Å². The molecule has 1 rings (SSSR count). The van der Waals surface area contributed by atoms with E-state index in [9.17, 15) is 26.7 Å². The molecule has 0 aromatic rings. The van der Waals surface area contributed by atoms with E-state index in [0.29, 0.717) is 0 Å². The smallest absolute Gasteiger partial charge is 0.433 e. The summed E-state index contributed by atoms with van der Waals surface area (Å²) >= 11 is 0. The fraction of sp³-hybridized carbons (Fsp3) is 0.500. The van der Waals surface area contributed by atoms with Crippen molar-refractivity contribution in [2.24, 2.45) is 4.99 Å². The van der Waals surface area contributed by atoms with E-state index in [1.807, 2.05) is 0 Å². The second-order valence-electron chi connectivity index (χ2n) is 4.00. The Morgan fingerprint density at radius 3 is 2.50 bits per heavy atom. The van der Waals surface area contributed by atoms with E-state index in [2.05, 4.69) is 11.7 Å². The summed E-state index contributed by atoms with van der Waals surface area (Å²) in [6.07, 6.45) is -5.95. The number of aliphatic carboxylic acids is 1. The van der Waals surface area contributed by atoms with Gasteiger partial charge in [0, 0.05) is 12.0 Å². The van der Waals surface area contributed by atoms with Gasteiger partial charge in [-0.2, -0.15) is 22.0 Å². The van der Waals surface area contributed by atoms with Crippen molar-refractivity contribution in [1.82, 2.24) is 5.32 Å². The lowest BCUT2D eigenvalue weighted by atomic mass is 10.1. The number of nitrogens with zero attached hydrogens (tertiary/aromatic N) is 1.